The van der Waals surface area contributed by atoms with Crippen molar-refractivity contribution in [2.45, 2.75) is 31.8 Å². The molecule has 2 atom stereocenters. The van der Waals surface area contributed by atoms with Gasteiger partial charge in [-0.1, -0.05) is 48.0 Å². The van der Waals surface area contributed by atoms with E-state index in [0.717, 1.165) is 18.6 Å². The standard InChI is InChI=1S/C18H19ClO/c1-13-6-8-14(9-7-13)16(12-19)11-17-10-15-4-2-3-5-18(15)20-17/h2-9,16-17H,10-12H2,1H3. The third-order valence-corrected chi connectivity index (χ3v) is 4.37. The molecule has 0 fully saturated rings. The molecule has 3 rings (SSSR count). The minimum Gasteiger partial charge on any atom is -0.490 e. The lowest BCUT2D eigenvalue weighted by molar-refractivity contribution is 0.213. The van der Waals surface area contributed by atoms with Crippen molar-refractivity contribution in [1.82, 2.24) is 0 Å². The second-order valence-corrected chi connectivity index (χ2v) is 5.86. The molecule has 0 bridgehead atoms. The van der Waals surface area contributed by atoms with Crippen LogP contribution in [0.1, 0.15) is 29.0 Å². The summed E-state index contributed by atoms with van der Waals surface area (Å²) in [5, 5.41) is 0. The molecule has 2 unspecified atom stereocenters. The third-order valence-electron chi connectivity index (χ3n) is 4.00. The van der Waals surface area contributed by atoms with E-state index in [4.69, 9.17) is 16.3 Å². The van der Waals surface area contributed by atoms with Crippen molar-refractivity contribution in [2.75, 3.05) is 5.88 Å². The molecule has 2 aromatic rings. The summed E-state index contributed by atoms with van der Waals surface area (Å²) in [7, 11) is 0. The van der Waals surface area contributed by atoms with Crippen LogP contribution in [-0.2, 0) is 6.42 Å². The molecule has 20 heavy (non-hydrogen) atoms. The Morgan fingerprint density at radius 1 is 1.15 bits per heavy atom. The molecule has 1 nitrogen and oxygen atoms in total. The van der Waals surface area contributed by atoms with Gasteiger partial charge in [0.2, 0.25) is 0 Å². The van der Waals surface area contributed by atoms with E-state index in [1.807, 2.05) is 6.07 Å². The molecular formula is C18H19ClO. The lowest BCUT2D eigenvalue weighted by atomic mass is 9.92. The van der Waals surface area contributed by atoms with Crippen LogP contribution in [-0.4, -0.2) is 12.0 Å². The van der Waals surface area contributed by atoms with Crippen LogP contribution in [0.2, 0.25) is 0 Å². The number of fused-ring (bicyclic) bond motifs is 1. The molecule has 0 aromatic heterocycles. The SMILES string of the molecule is Cc1ccc(C(CCl)CC2Cc3ccccc3O2)cc1. The van der Waals surface area contributed by atoms with E-state index in [1.165, 1.54) is 16.7 Å². The summed E-state index contributed by atoms with van der Waals surface area (Å²) in [6.07, 6.45) is 2.22. The molecule has 1 aliphatic rings. The average molecular weight is 287 g/mol. The number of hydrogen-bond acceptors (Lipinski definition) is 1. The first-order chi connectivity index (χ1) is 9.76. The zero-order chi connectivity index (χ0) is 13.9. The van der Waals surface area contributed by atoms with Crippen molar-refractivity contribution in [3.8, 4) is 5.75 Å². The number of rotatable bonds is 4. The minimum absolute atomic E-state index is 0.248. The molecule has 104 valence electrons. The third kappa shape index (κ3) is 2.83. The Hall–Kier alpha value is -1.47. The number of hydrogen-bond donors (Lipinski definition) is 0. The van der Waals surface area contributed by atoms with E-state index in [0.29, 0.717) is 11.8 Å². The molecule has 0 saturated heterocycles. The predicted molar refractivity (Wildman–Crippen MR) is 83.8 cm³/mol. The van der Waals surface area contributed by atoms with Crippen molar-refractivity contribution in [3.63, 3.8) is 0 Å². The number of aryl methyl sites for hydroxylation is 1. The highest BCUT2D eigenvalue weighted by molar-refractivity contribution is 6.18. The highest BCUT2D eigenvalue weighted by atomic mass is 35.5. The molecular weight excluding hydrogens is 268 g/mol. The van der Waals surface area contributed by atoms with E-state index in [2.05, 4.69) is 49.4 Å². The lowest BCUT2D eigenvalue weighted by Crippen LogP contribution is -2.18. The fourth-order valence-electron chi connectivity index (χ4n) is 2.83. The minimum atomic E-state index is 0.248. The molecule has 1 heterocycles. The summed E-state index contributed by atoms with van der Waals surface area (Å²) in [5.41, 5.74) is 3.91. The summed E-state index contributed by atoms with van der Waals surface area (Å²) < 4.78 is 6.03. The Balaban J connectivity index is 1.69. The average Bonchev–Trinajstić information content (AvgIpc) is 2.88. The topological polar surface area (TPSA) is 9.23 Å². The Labute approximate surface area is 125 Å². The van der Waals surface area contributed by atoms with E-state index in [1.54, 1.807) is 0 Å². The van der Waals surface area contributed by atoms with E-state index in [9.17, 15) is 0 Å². The zero-order valence-electron chi connectivity index (χ0n) is 11.7. The van der Waals surface area contributed by atoms with Crippen molar-refractivity contribution in [2.24, 2.45) is 0 Å². The summed E-state index contributed by atoms with van der Waals surface area (Å²) in [6.45, 7) is 2.11. The molecule has 0 N–H and O–H groups in total. The Kier molecular flexibility index (Phi) is 3.98. The van der Waals surface area contributed by atoms with Gasteiger partial charge in [0.25, 0.3) is 0 Å². The highest BCUT2D eigenvalue weighted by Crippen LogP contribution is 2.33. The van der Waals surface area contributed by atoms with Gasteiger partial charge in [0.1, 0.15) is 11.9 Å². The first-order valence-corrected chi connectivity index (χ1v) is 7.67. The van der Waals surface area contributed by atoms with Gasteiger partial charge in [-0.3, -0.25) is 0 Å². The van der Waals surface area contributed by atoms with Crippen molar-refractivity contribution in [3.05, 3.63) is 65.2 Å². The number of ether oxygens (including phenoxy) is 1. The summed E-state index contributed by atoms with van der Waals surface area (Å²) in [4.78, 5) is 0. The van der Waals surface area contributed by atoms with Gasteiger partial charge in [-0.05, 0) is 30.5 Å². The van der Waals surface area contributed by atoms with Crippen LogP contribution < -0.4 is 4.74 Å². The molecule has 2 heteroatoms. The van der Waals surface area contributed by atoms with Crippen LogP contribution in [0.15, 0.2) is 48.5 Å². The summed E-state index contributed by atoms with van der Waals surface area (Å²) in [6, 6.07) is 17.0. The van der Waals surface area contributed by atoms with Gasteiger partial charge in [0.15, 0.2) is 0 Å². The smallest absolute Gasteiger partial charge is 0.123 e. The van der Waals surface area contributed by atoms with Crippen LogP contribution in [0.4, 0.5) is 0 Å². The molecule has 0 amide bonds. The first kappa shape index (κ1) is 13.5. The van der Waals surface area contributed by atoms with Gasteiger partial charge < -0.3 is 4.74 Å². The van der Waals surface area contributed by atoms with E-state index >= 15 is 0 Å². The Bertz CT molecular complexity index is 551. The normalized spacial score (nSPS) is 18.4. The lowest BCUT2D eigenvalue weighted by Gasteiger charge is -2.19. The number of para-hydroxylation sites is 1. The monoisotopic (exact) mass is 286 g/mol. The highest BCUT2D eigenvalue weighted by Gasteiger charge is 2.25. The maximum atomic E-state index is 6.18. The molecule has 0 spiro atoms. The summed E-state index contributed by atoms with van der Waals surface area (Å²) in [5.74, 6) is 2.03. The van der Waals surface area contributed by atoms with Gasteiger partial charge in [0.05, 0.1) is 0 Å². The van der Waals surface area contributed by atoms with Crippen LogP contribution in [0, 0.1) is 6.92 Å². The second kappa shape index (κ2) is 5.88. The van der Waals surface area contributed by atoms with Crippen molar-refractivity contribution < 1.29 is 4.74 Å². The number of halogens is 1. The van der Waals surface area contributed by atoms with Crippen LogP contribution >= 0.6 is 11.6 Å². The van der Waals surface area contributed by atoms with Crippen molar-refractivity contribution in [1.29, 1.82) is 0 Å². The number of benzene rings is 2. The van der Waals surface area contributed by atoms with Gasteiger partial charge in [0, 0.05) is 18.2 Å². The maximum Gasteiger partial charge on any atom is 0.123 e. The van der Waals surface area contributed by atoms with Crippen LogP contribution in [0.5, 0.6) is 5.75 Å². The molecule has 1 aliphatic heterocycles. The fourth-order valence-corrected chi connectivity index (χ4v) is 3.13. The molecule has 2 aromatic carbocycles. The number of alkyl halides is 1. The van der Waals surface area contributed by atoms with Gasteiger partial charge in [-0.25, -0.2) is 0 Å². The second-order valence-electron chi connectivity index (χ2n) is 5.55. The Morgan fingerprint density at radius 3 is 2.60 bits per heavy atom. The first-order valence-electron chi connectivity index (χ1n) is 7.13. The molecule has 0 radical (unpaired) electrons. The predicted octanol–water partition coefficient (Wildman–Crippen LogP) is 4.71. The van der Waals surface area contributed by atoms with Crippen molar-refractivity contribution >= 4 is 11.6 Å². The summed E-state index contributed by atoms with van der Waals surface area (Å²) >= 11 is 6.18. The van der Waals surface area contributed by atoms with Gasteiger partial charge >= 0.3 is 0 Å². The molecule has 0 aliphatic carbocycles. The van der Waals surface area contributed by atoms with Gasteiger partial charge in [-0.2, -0.15) is 0 Å². The van der Waals surface area contributed by atoms with Crippen LogP contribution in [0.3, 0.4) is 0 Å². The van der Waals surface area contributed by atoms with E-state index < -0.39 is 0 Å². The zero-order valence-corrected chi connectivity index (χ0v) is 12.4. The van der Waals surface area contributed by atoms with Gasteiger partial charge in [-0.15, -0.1) is 11.6 Å². The maximum absolute atomic E-state index is 6.18. The quantitative estimate of drug-likeness (QED) is 0.740. The van der Waals surface area contributed by atoms with E-state index in [-0.39, 0.29) is 6.10 Å². The van der Waals surface area contributed by atoms with Crippen LogP contribution in [0.25, 0.3) is 0 Å². The molecule has 0 saturated carbocycles. The fraction of sp³-hybridized carbons (Fsp3) is 0.333. The Morgan fingerprint density at radius 2 is 1.90 bits per heavy atom. The largest absolute Gasteiger partial charge is 0.490 e.